The minimum atomic E-state index is -0.0536. The average molecular weight is 329 g/mol. The third-order valence-corrected chi connectivity index (χ3v) is 3.70. The first-order chi connectivity index (χ1) is 10.1. The Morgan fingerprint density at radius 3 is 2.57 bits per heavy atom. The summed E-state index contributed by atoms with van der Waals surface area (Å²) < 4.78 is 0. The van der Waals surface area contributed by atoms with Crippen molar-refractivity contribution in [2.75, 3.05) is 0 Å². The molecule has 0 radical (unpaired) electrons. The summed E-state index contributed by atoms with van der Waals surface area (Å²) in [6, 6.07) is 5.26. The molecule has 0 heterocycles. The molecule has 0 aliphatic heterocycles. The Hall–Kier alpha value is -1.06. The summed E-state index contributed by atoms with van der Waals surface area (Å²) in [5.41, 5.74) is 4.16. The van der Waals surface area contributed by atoms with Crippen LogP contribution in [0.2, 0.25) is 10.0 Å². The van der Waals surface area contributed by atoms with E-state index in [0.717, 1.165) is 37.0 Å². The Bertz CT molecular complexity index is 501. The third-order valence-electron chi connectivity index (χ3n) is 3.15. The van der Waals surface area contributed by atoms with Crippen LogP contribution >= 0.6 is 23.2 Å². The maximum absolute atomic E-state index is 11.7. The van der Waals surface area contributed by atoms with Crippen LogP contribution in [0.3, 0.4) is 0 Å². The van der Waals surface area contributed by atoms with E-state index in [2.05, 4.69) is 17.5 Å². The van der Waals surface area contributed by atoms with Crippen molar-refractivity contribution in [2.24, 2.45) is 5.10 Å². The van der Waals surface area contributed by atoms with E-state index in [1.165, 1.54) is 0 Å². The summed E-state index contributed by atoms with van der Waals surface area (Å²) in [7, 11) is 0. The zero-order valence-electron chi connectivity index (χ0n) is 12.6. The van der Waals surface area contributed by atoms with Crippen LogP contribution < -0.4 is 5.43 Å². The molecule has 0 spiro atoms. The van der Waals surface area contributed by atoms with E-state index in [1.807, 2.05) is 13.0 Å². The summed E-state index contributed by atoms with van der Waals surface area (Å²) >= 11 is 12.0. The second-order valence-corrected chi connectivity index (χ2v) is 5.73. The van der Waals surface area contributed by atoms with Gasteiger partial charge in [0.05, 0.1) is 10.7 Å². The fourth-order valence-electron chi connectivity index (χ4n) is 1.95. The predicted molar refractivity (Wildman–Crippen MR) is 90.2 cm³/mol. The van der Waals surface area contributed by atoms with Gasteiger partial charge in [-0.2, -0.15) is 5.10 Å². The first kappa shape index (κ1) is 18.0. The van der Waals surface area contributed by atoms with Crippen LogP contribution in [0.5, 0.6) is 0 Å². The van der Waals surface area contributed by atoms with Gasteiger partial charge in [0, 0.05) is 17.0 Å². The van der Waals surface area contributed by atoms with Crippen molar-refractivity contribution in [2.45, 2.75) is 52.4 Å². The quantitative estimate of drug-likeness (QED) is 0.398. The molecule has 3 nitrogen and oxygen atoms in total. The number of halogens is 2. The Balaban J connectivity index is 2.61. The second kappa shape index (κ2) is 9.80. The molecular weight excluding hydrogens is 307 g/mol. The highest BCUT2D eigenvalue weighted by molar-refractivity contribution is 6.37. The second-order valence-electron chi connectivity index (χ2n) is 4.88. The first-order valence-electron chi connectivity index (χ1n) is 7.39. The maximum Gasteiger partial charge on any atom is 0.240 e. The Labute approximate surface area is 136 Å². The van der Waals surface area contributed by atoms with E-state index in [0.29, 0.717) is 22.9 Å². The van der Waals surface area contributed by atoms with E-state index in [-0.39, 0.29) is 5.91 Å². The van der Waals surface area contributed by atoms with Gasteiger partial charge < -0.3 is 0 Å². The molecule has 1 aromatic carbocycles. The molecule has 1 amide bonds. The number of carbonyl (C=O) groups excluding carboxylic acids is 1. The van der Waals surface area contributed by atoms with Crippen LogP contribution in [0.1, 0.15) is 57.9 Å². The maximum atomic E-state index is 11.7. The lowest BCUT2D eigenvalue weighted by Crippen LogP contribution is -2.19. The van der Waals surface area contributed by atoms with Gasteiger partial charge in [-0.15, -0.1) is 0 Å². The molecule has 0 saturated heterocycles. The van der Waals surface area contributed by atoms with E-state index in [4.69, 9.17) is 23.2 Å². The number of nitrogens with zero attached hydrogens (tertiary/aromatic N) is 1. The van der Waals surface area contributed by atoms with Gasteiger partial charge in [-0.05, 0) is 25.0 Å². The summed E-state index contributed by atoms with van der Waals surface area (Å²) in [5, 5.41) is 5.32. The van der Waals surface area contributed by atoms with Crippen LogP contribution in [0, 0.1) is 0 Å². The molecule has 1 rings (SSSR count). The number of rotatable bonds is 8. The number of carbonyl (C=O) groups is 1. The fraction of sp³-hybridized carbons (Fsp3) is 0.500. The van der Waals surface area contributed by atoms with Crippen molar-refractivity contribution >= 4 is 34.8 Å². The molecule has 1 N–H and O–H groups in total. The molecule has 0 aliphatic rings. The standard InChI is InChI=1S/C16H22Cl2N2O/c1-3-5-6-7-8-16(21)20-19-15(4-2)13-10-9-12(17)11-14(13)18/h9-11H,3-8H2,1-2H3,(H,20,21). The number of hydrazone groups is 1. The van der Waals surface area contributed by atoms with Gasteiger partial charge in [0.15, 0.2) is 0 Å². The predicted octanol–water partition coefficient (Wildman–Crippen LogP) is 5.19. The lowest BCUT2D eigenvalue weighted by Gasteiger charge is -2.07. The molecule has 0 fully saturated rings. The van der Waals surface area contributed by atoms with Crippen molar-refractivity contribution in [3.05, 3.63) is 33.8 Å². The lowest BCUT2D eigenvalue weighted by molar-refractivity contribution is -0.121. The smallest absolute Gasteiger partial charge is 0.240 e. The van der Waals surface area contributed by atoms with E-state index in [9.17, 15) is 4.79 Å². The zero-order chi connectivity index (χ0) is 15.7. The Kier molecular flexibility index (Phi) is 8.40. The van der Waals surface area contributed by atoms with Crippen molar-refractivity contribution in [3.8, 4) is 0 Å². The van der Waals surface area contributed by atoms with E-state index in [1.54, 1.807) is 12.1 Å². The average Bonchev–Trinajstić information content (AvgIpc) is 2.46. The molecule has 0 saturated carbocycles. The summed E-state index contributed by atoms with van der Waals surface area (Å²) in [5.74, 6) is -0.0536. The lowest BCUT2D eigenvalue weighted by atomic mass is 10.1. The van der Waals surface area contributed by atoms with Crippen LogP contribution in [0.4, 0.5) is 0 Å². The van der Waals surface area contributed by atoms with Crippen LogP contribution in [-0.2, 0) is 4.79 Å². The van der Waals surface area contributed by atoms with Crippen LogP contribution in [0.15, 0.2) is 23.3 Å². The molecule has 21 heavy (non-hydrogen) atoms. The van der Waals surface area contributed by atoms with Crippen LogP contribution in [0.25, 0.3) is 0 Å². The molecule has 1 aromatic rings. The minimum absolute atomic E-state index is 0.0536. The van der Waals surface area contributed by atoms with Gasteiger partial charge in [-0.25, -0.2) is 5.43 Å². The van der Waals surface area contributed by atoms with Crippen molar-refractivity contribution in [1.82, 2.24) is 5.43 Å². The molecule has 0 aromatic heterocycles. The monoisotopic (exact) mass is 328 g/mol. The SMILES string of the molecule is CCCCCCC(=O)NN=C(CC)c1ccc(Cl)cc1Cl. The van der Waals surface area contributed by atoms with Gasteiger partial charge in [0.1, 0.15) is 0 Å². The topological polar surface area (TPSA) is 41.5 Å². The van der Waals surface area contributed by atoms with Gasteiger partial charge in [-0.1, -0.05) is 62.4 Å². The molecule has 0 atom stereocenters. The zero-order valence-corrected chi connectivity index (χ0v) is 14.1. The number of unbranched alkanes of at least 4 members (excludes halogenated alkanes) is 3. The molecule has 0 aliphatic carbocycles. The highest BCUT2D eigenvalue weighted by atomic mass is 35.5. The first-order valence-corrected chi connectivity index (χ1v) is 8.14. The van der Waals surface area contributed by atoms with Crippen molar-refractivity contribution < 1.29 is 4.79 Å². The van der Waals surface area contributed by atoms with Gasteiger partial charge >= 0.3 is 0 Å². The Morgan fingerprint density at radius 1 is 1.19 bits per heavy atom. The molecule has 0 unspecified atom stereocenters. The van der Waals surface area contributed by atoms with E-state index < -0.39 is 0 Å². The van der Waals surface area contributed by atoms with E-state index >= 15 is 0 Å². The third kappa shape index (κ3) is 6.49. The summed E-state index contributed by atoms with van der Waals surface area (Å²) in [6.45, 7) is 4.12. The summed E-state index contributed by atoms with van der Waals surface area (Å²) in [6.07, 6.45) is 5.49. The number of hydrogen-bond acceptors (Lipinski definition) is 2. The number of hydrogen-bond donors (Lipinski definition) is 1. The number of benzene rings is 1. The highest BCUT2D eigenvalue weighted by Crippen LogP contribution is 2.22. The highest BCUT2D eigenvalue weighted by Gasteiger charge is 2.08. The molecule has 116 valence electrons. The minimum Gasteiger partial charge on any atom is -0.273 e. The largest absolute Gasteiger partial charge is 0.273 e. The van der Waals surface area contributed by atoms with Crippen LogP contribution in [-0.4, -0.2) is 11.6 Å². The fourth-order valence-corrected chi connectivity index (χ4v) is 2.47. The van der Waals surface area contributed by atoms with Gasteiger partial charge in [0.25, 0.3) is 0 Å². The van der Waals surface area contributed by atoms with Gasteiger partial charge in [-0.3, -0.25) is 4.79 Å². The summed E-state index contributed by atoms with van der Waals surface area (Å²) in [4.78, 5) is 11.7. The number of nitrogens with one attached hydrogen (secondary N) is 1. The van der Waals surface area contributed by atoms with Crippen molar-refractivity contribution in [3.63, 3.8) is 0 Å². The molecular formula is C16H22Cl2N2O. The van der Waals surface area contributed by atoms with Gasteiger partial charge in [0.2, 0.25) is 5.91 Å². The Morgan fingerprint density at radius 2 is 1.95 bits per heavy atom. The molecule has 0 bridgehead atoms. The van der Waals surface area contributed by atoms with Crippen molar-refractivity contribution in [1.29, 1.82) is 0 Å². The normalized spacial score (nSPS) is 11.5. The number of amides is 1. The molecule has 5 heteroatoms.